The lowest BCUT2D eigenvalue weighted by atomic mass is 9.72. The topological polar surface area (TPSA) is 89.7 Å². The second-order valence-electron chi connectivity index (χ2n) is 6.64. The van der Waals surface area contributed by atoms with E-state index >= 15 is 0 Å². The zero-order valence-corrected chi connectivity index (χ0v) is 13.5. The fourth-order valence-corrected chi connectivity index (χ4v) is 3.05. The number of carbonyl (C=O) groups is 1. The van der Waals surface area contributed by atoms with Gasteiger partial charge in [-0.2, -0.15) is 0 Å². The van der Waals surface area contributed by atoms with E-state index in [-0.39, 0.29) is 29.0 Å². The van der Waals surface area contributed by atoms with Gasteiger partial charge in [-0.15, -0.1) is 0 Å². The molecule has 0 unspecified atom stereocenters. The Morgan fingerprint density at radius 1 is 1.30 bits per heavy atom. The van der Waals surface area contributed by atoms with E-state index in [0.29, 0.717) is 17.7 Å². The minimum atomic E-state index is -0.750. The number of benzene rings is 1. The van der Waals surface area contributed by atoms with Crippen molar-refractivity contribution in [1.82, 2.24) is 0 Å². The summed E-state index contributed by atoms with van der Waals surface area (Å²) in [6.07, 6.45) is 0.620. The van der Waals surface area contributed by atoms with Crippen LogP contribution >= 0.6 is 0 Å². The molecule has 0 aromatic heterocycles. The molecule has 1 aromatic carbocycles. The molecule has 1 aliphatic carbocycles. The zero-order valence-electron chi connectivity index (χ0n) is 13.5. The first-order valence-corrected chi connectivity index (χ1v) is 7.44. The number of hydrogen-bond acceptors (Lipinski definition) is 5. The Hall–Kier alpha value is -2.37. The van der Waals surface area contributed by atoms with Crippen molar-refractivity contribution in [2.24, 2.45) is 5.41 Å². The average Bonchev–Trinajstić information content (AvgIpc) is 2.44. The van der Waals surface area contributed by atoms with Gasteiger partial charge in [0.2, 0.25) is 6.54 Å². The molecule has 23 heavy (non-hydrogen) atoms. The summed E-state index contributed by atoms with van der Waals surface area (Å²) < 4.78 is 5.08. The molecule has 0 fully saturated rings. The molecular weight excluding hydrogens is 298 g/mol. The van der Waals surface area contributed by atoms with Crippen LogP contribution in [0.5, 0.6) is 5.75 Å². The number of rotatable bonds is 5. The van der Waals surface area contributed by atoms with Crippen LogP contribution in [0.15, 0.2) is 35.6 Å². The highest BCUT2D eigenvalue weighted by molar-refractivity contribution is 5.98. The van der Waals surface area contributed by atoms with Crippen LogP contribution in [0.1, 0.15) is 38.2 Å². The van der Waals surface area contributed by atoms with E-state index in [0.717, 1.165) is 0 Å². The van der Waals surface area contributed by atoms with Gasteiger partial charge in [0.1, 0.15) is 11.5 Å². The van der Waals surface area contributed by atoms with E-state index in [2.05, 4.69) is 0 Å². The number of aliphatic hydroxyl groups excluding tert-OH is 1. The number of carbonyl (C=O) groups excluding carboxylic acids is 1. The first kappa shape index (κ1) is 17.0. The molecule has 0 amide bonds. The molecule has 6 heteroatoms. The summed E-state index contributed by atoms with van der Waals surface area (Å²) in [7, 11) is 1.53. The maximum absolute atomic E-state index is 12.5. The van der Waals surface area contributed by atoms with Crippen LogP contribution in [-0.4, -0.2) is 29.5 Å². The van der Waals surface area contributed by atoms with Gasteiger partial charge in [-0.05, 0) is 23.1 Å². The maximum Gasteiger partial charge on any atom is 0.214 e. The van der Waals surface area contributed by atoms with E-state index in [1.165, 1.54) is 7.11 Å². The third-order valence-electron chi connectivity index (χ3n) is 4.09. The van der Waals surface area contributed by atoms with Crippen molar-refractivity contribution in [2.45, 2.75) is 32.6 Å². The second kappa shape index (κ2) is 6.40. The van der Waals surface area contributed by atoms with Gasteiger partial charge >= 0.3 is 0 Å². The summed E-state index contributed by atoms with van der Waals surface area (Å²) in [6.45, 7) is 3.36. The molecule has 0 saturated carbocycles. The zero-order chi connectivity index (χ0) is 17.2. The second-order valence-corrected chi connectivity index (χ2v) is 6.64. The van der Waals surface area contributed by atoms with E-state index in [4.69, 9.17) is 4.74 Å². The van der Waals surface area contributed by atoms with Gasteiger partial charge in [0.05, 0.1) is 13.0 Å². The van der Waals surface area contributed by atoms with Gasteiger partial charge < -0.3 is 9.84 Å². The fourth-order valence-electron chi connectivity index (χ4n) is 3.05. The maximum atomic E-state index is 12.5. The van der Waals surface area contributed by atoms with Crippen molar-refractivity contribution < 1.29 is 19.6 Å². The Morgan fingerprint density at radius 3 is 2.39 bits per heavy atom. The number of methoxy groups -OCH3 is 1. The van der Waals surface area contributed by atoms with E-state index in [1.54, 1.807) is 24.3 Å². The molecule has 0 spiro atoms. The van der Waals surface area contributed by atoms with Crippen molar-refractivity contribution in [3.8, 4) is 5.75 Å². The van der Waals surface area contributed by atoms with E-state index in [9.17, 15) is 20.0 Å². The summed E-state index contributed by atoms with van der Waals surface area (Å²) >= 11 is 0. The molecule has 0 saturated heterocycles. The number of nitro groups is 1. The lowest BCUT2D eigenvalue weighted by molar-refractivity contribution is -0.481. The minimum Gasteiger partial charge on any atom is -0.512 e. The molecule has 1 aromatic rings. The first-order valence-electron chi connectivity index (χ1n) is 7.44. The Bertz CT molecular complexity index is 645. The highest BCUT2D eigenvalue weighted by Crippen LogP contribution is 2.41. The Labute approximate surface area is 134 Å². The number of aliphatic hydroxyl groups is 1. The normalized spacial score (nSPS) is 18.7. The van der Waals surface area contributed by atoms with Crippen LogP contribution in [0.4, 0.5) is 0 Å². The highest BCUT2D eigenvalue weighted by Gasteiger charge is 2.38. The van der Waals surface area contributed by atoms with Crippen LogP contribution < -0.4 is 4.74 Å². The van der Waals surface area contributed by atoms with Gasteiger partial charge in [-0.25, -0.2) is 0 Å². The number of Topliss-reactive ketones (excluding diaryl/α,β-unsaturated/α-hetero) is 1. The highest BCUT2D eigenvalue weighted by atomic mass is 16.6. The third kappa shape index (κ3) is 3.88. The van der Waals surface area contributed by atoms with Crippen LogP contribution in [-0.2, 0) is 4.79 Å². The average molecular weight is 319 g/mol. The third-order valence-corrected chi connectivity index (χ3v) is 4.09. The van der Waals surface area contributed by atoms with Gasteiger partial charge in [0.25, 0.3) is 0 Å². The Balaban J connectivity index is 2.45. The molecule has 0 radical (unpaired) electrons. The van der Waals surface area contributed by atoms with Crippen molar-refractivity contribution in [3.05, 3.63) is 51.3 Å². The molecule has 1 atom stereocenters. The van der Waals surface area contributed by atoms with Crippen molar-refractivity contribution in [3.63, 3.8) is 0 Å². The molecule has 0 aliphatic heterocycles. The van der Waals surface area contributed by atoms with Gasteiger partial charge in [0.15, 0.2) is 5.78 Å². The SMILES string of the molecule is COc1ccc([C@H](C[N+](=O)[O-])C2=C(O)CC(C)(C)CC2=O)cc1. The Morgan fingerprint density at radius 2 is 1.91 bits per heavy atom. The summed E-state index contributed by atoms with van der Waals surface area (Å²) in [5, 5.41) is 21.4. The number of ketones is 1. The smallest absolute Gasteiger partial charge is 0.214 e. The molecule has 2 rings (SSSR count). The molecule has 0 heterocycles. The molecular formula is C17H21NO5. The number of nitrogens with zero attached hydrogens (tertiary/aromatic N) is 1. The largest absolute Gasteiger partial charge is 0.512 e. The van der Waals surface area contributed by atoms with Crippen LogP contribution in [0.25, 0.3) is 0 Å². The molecule has 0 bridgehead atoms. The predicted molar refractivity (Wildman–Crippen MR) is 85.3 cm³/mol. The fraction of sp³-hybridized carbons (Fsp3) is 0.471. The quantitative estimate of drug-likeness (QED) is 0.664. The van der Waals surface area contributed by atoms with E-state index < -0.39 is 17.4 Å². The standard InChI is InChI=1S/C17H21NO5/c1-17(2)8-14(19)16(15(20)9-17)13(10-18(21)22)11-4-6-12(23-3)7-5-11/h4-7,13,19H,8-10H2,1-3H3/t13-/m0/s1. The van der Waals surface area contributed by atoms with Crippen LogP contribution in [0.2, 0.25) is 0 Å². The summed E-state index contributed by atoms with van der Waals surface area (Å²) in [6, 6.07) is 6.77. The van der Waals surface area contributed by atoms with Gasteiger partial charge in [-0.1, -0.05) is 26.0 Å². The Kier molecular flexibility index (Phi) is 4.73. The number of ether oxygens (including phenoxy) is 1. The lowest BCUT2D eigenvalue weighted by Crippen LogP contribution is -2.30. The monoisotopic (exact) mass is 319 g/mol. The molecule has 124 valence electrons. The lowest BCUT2D eigenvalue weighted by Gasteiger charge is -2.31. The number of allylic oxidation sites excluding steroid dienone is 1. The van der Waals surface area contributed by atoms with Crippen LogP contribution in [0.3, 0.4) is 0 Å². The summed E-state index contributed by atoms with van der Waals surface area (Å²) in [5.74, 6) is -0.377. The van der Waals surface area contributed by atoms with E-state index in [1.807, 2.05) is 13.8 Å². The molecule has 1 aliphatic rings. The molecule has 6 nitrogen and oxygen atoms in total. The summed E-state index contributed by atoms with van der Waals surface area (Å²) in [5.41, 5.74) is 0.465. The summed E-state index contributed by atoms with van der Waals surface area (Å²) in [4.78, 5) is 23.1. The molecule has 1 N–H and O–H groups in total. The van der Waals surface area contributed by atoms with Crippen molar-refractivity contribution in [1.29, 1.82) is 0 Å². The number of hydrogen-bond donors (Lipinski definition) is 1. The minimum absolute atomic E-state index is 0.0334. The van der Waals surface area contributed by atoms with Crippen LogP contribution in [0, 0.1) is 15.5 Å². The van der Waals surface area contributed by atoms with Crippen molar-refractivity contribution >= 4 is 5.78 Å². The predicted octanol–water partition coefficient (Wildman–Crippen LogP) is 3.26. The van der Waals surface area contributed by atoms with Gasteiger partial charge in [0, 0.05) is 23.3 Å². The van der Waals surface area contributed by atoms with Gasteiger partial charge in [-0.3, -0.25) is 14.9 Å². The first-order chi connectivity index (χ1) is 10.7. The van der Waals surface area contributed by atoms with Crippen molar-refractivity contribution in [2.75, 3.05) is 13.7 Å².